The lowest BCUT2D eigenvalue weighted by molar-refractivity contribution is 0.0911. The number of carbonyl (C=O) groups is 1. The van der Waals surface area contributed by atoms with Gasteiger partial charge in [-0.3, -0.25) is 9.59 Å². The fourth-order valence-corrected chi connectivity index (χ4v) is 3.52. The number of hydrogen-bond donors (Lipinski definition) is 2. The van der Waals surface area contributed by atoms with Crippen LogP contribution in [0.3, 0.4) is 0 Å². The number of aromatic amines is 1. The predicted molar refractivity (Wildman–Crippen MR) is 94.8 cm³/mol. The Kier molecular flexibility index (Phi) is 3.87. The van der Waals surface area contributed by atoms with Crippen LogP contribution in [0.4, 0.5) is 4.39 Å². The summed E-state index contributed by atoms with van der Waals surface area (Å²) in [5.74, 6) is -0.562. The van der Waals surface area contributed by atoms with Crippen LogP contribution in [0.2, 0.25) is 0 Å². The van der Waals surface area contributed by atoms with Crippen molar-refractivity contribution >= 4 is 23.0 Å². The van der Waals surface area contributed by atoms with Crippen molar-refractivity contribution in [2.45, 2.75) is 26.7 Å². The van der Waals surface area contributed by atoms with E-state index in [1.165, 1.54) is 18.2 Å². The van der Waals surface area contributed by atoms with Crippen LogP contribution in [0.25, 0.3) is 11.1 Å². The maximum atomic E-state index is 13.7. The molecule has 0 radical (unpaired) electrons. The summed E-state index contributed by atoms with van der Waals surface area (Å²) < 4.78 is 13.7. The number of nitrogens with two attached hydrogens (primary N) is 1. The summed E-state index contributed by atoms with van der Waals surface area (Å²) in [6.45, 7) is 3.94. The summed E-state index contributed by atoms with van der Waals surface area (Å²) in [6, 6.07) is 5.75. The monoisotopic (exact) mass is 344 g/mol. The zero-order valence-corrected chi connectivity index (χ0v) is 14.2. The molecule has 0 unspecified atom stereocenters. The van der Waals surface area contributed by atoms with E-state index in [0.717, 1.165) is 0 Å². The highest BCUT2D eigenvalue weighted by Gasteiger charge is 2.35. The summed E-state index contributed by atoms with van der Waals surface area (Å²) in [7, 11) is 0. The maximum Gasteiger partial charge on any atom is 0.259 e. The number of rotatable bonds is 2. The molecular weight excluding hydrogens is 327 g/mol. The van der Waals surface area contributed by atoms with Gasteiger partial charge in [-0.15, -0.1) is 0 Å². The first-order valence-corrected chi connectivity index (χ1v) is 7.98. The molecule has 1 heterocycles. The van der Waals surface area contributed by atoms with E-state index in [9.17, 15) is 14.0 Å². The minimum Gasteiger partial charge on any atom is -0.389 e. The molecule has 3 rings (SSSR count). The molecule has 0 fully saturated rings. The molecule has 0 amide bonds. The van der Waals surface area contributed by atoms with E-state index in [4.69, 9.17) is 18.0 Å². The first-order valence-electron chi connectivity index (χ1n) is 7.58. The van der Waals surface area contributed by atoms with E-state index in [-0.39, 0.29) is 21.8 Å². The van der Waals surface area contributed by atoms with E-state index < -0.39 is 11.4 Å². The number of benzene rings is 1. The van der Waals surface area contributed by atoms with Gasteiger partial charge in [-0.25, -0.2) is 4.39 Å². The van der Waals surface area contributed by atoms with E-state index in [2.05, 4.69) is 4.98 Å². The van der Waals surface area contributed by atoms with Gasteiger partial charge in [0.25, 0.3) is 5.56 Å². The van der Waals surface area contributed by atoms with E-state index in [1.54, 1.807) is 6.07 Å². The summed E-state index contributed by atoms with van der Waals surface area (Å²) in [4.78, 5) is 27.9. The number of ketones is 1. The third kappa shape index (κ3) is 2.78. The number of pyridine rings is 1. The van der Waals surface area contributed by atoms with Crippen molar-refractivity contribution < 1.29 is 9.18 Å². The lowest BCUT2D eigenvalue weighted by Crippen LogP contribution is -2.34. The van der Waals surface area contributed by atoms with Crippen molar-refractivity contribution in [2.75, 3.05) is 0 Å². The van der Waals surface area contributed by atoms with Crippen LogP contribution in [0.5, 0.6) is 0 Å². The Morgan fingerprint density at radius 2 is 1.96 bits per heavy atom. The van der Waals surface area contributed by atoms with Gasteiger partial charge >= 0.3 is 0 Å². The van der Waals surface area contributed by atoms with Gasteiger partial charge in [0, 0.05) is 23.2 Å². The van der Waals surface area contributed by atoms with Crippen molar-refractivity contribution in [3.63, 3.8) is 0 Å². The number of hydrogen-bond acceptors (Lipinski definition) is 3. The summed E-state index contributed by atoms with van der Waals surface area (Å²) >= 11 is 5.01. The molecule has 6 heteroatoms. The predicted octanol–water partition coefficient (Wildman–Crippen LogP) is 2.97. The molecule has 1 aromatic heterocycles. The van der Waals surface area contributed by atoms with Gasteiger partial charge in [-0.05, 0) is 29.5 Å². The molecule has 1 aromatic carbocycles. The van der Waals surface area contributed by atoms with Crippen LogP contribution in [-0.4, -0.2) is 15.8 Å². The first kappa shape index (κ1) is 16.5. The fraction of sp³-hybridized carbons (Fsp3) is 0.278. The lowest BCUT2D eigenvalue weighted by atomic mass is 9.73. The number of fused-ring (bicyclic) bond motifs is 1. The van der Waals surface area contributed by atoms with Crippen molar-refractivity contribution in [3.05, 3.63) is 57.3 Å². The van der Waals surface area contributed by atoms with Gasteiger partial charge < -0.3 is 10.7 Å². The topological polar surface area (TPSA) is 76.0 Å². The number of H-pyrrole nitrogens is 1. The van der Waals surface area contributed by atoms with Crippen molar-refractivity contribution in [2.24, 2.45) is 11.1 Å². The second-order valence-corrected chi connectivity index (χ2v) is 7.31. The average Bonchev–Trinajstić information content (AvgIpc) is 2.43. The Morgan fingerprint density at radius 1 is 1.25 bits per heavy atom. The van der Waals surface area contributed by atoms with E-state index >= 15 is 0 Å². The van der Waals surface area contributed by atoms with Crippen LogP contribution < -0.4 is 11.3 Å². The second-order valence-electron chi connectivity index (χ2n) is 6.87. The molecule has 0 saturated carbocycles. The lowest BCUT2D eigenvalue weighted by Gasteiger charge is -2.31. The first-order chi connectivity index (χ1) is 11.2. The quantitative estimate of drug-likeness (QED) is 0.821. The molecule has 1 aliphatic rings. The van der Waals surface area contributed by atoms with Crippen LogP contribution in [0, 0.1) is 11.2 Å². The van der Waals surface area contributed by atoms with E-state index in [1.807, 2.05) is 13.8 Å². The summed E-state index contributed by atoms with van der Waals surface area (Å²) in [5.41, 5.74) is 6.79. The van der Waals surface area contributed by atoms with Crippen molar-refractivity contribution in [1.82, 2.24) is 4.98 Å². The molecule has 3 N–H and O–H groups in total. The Bertz CT molecular complexity index is 931. The molecule has 0 bridgehead atoms. The van der Waals surface area contributed by atoms with Crippen molar-refractivity contribution in [1.29, 1.82) is 0 Å². The van der Waals surface area contributed by atoms with Gasteiger partial charge in [-0.2, -0.15) is 0 Å². The molecule has 124 valence electrons. The number of halogens is 1. The molecular formula is C18H17FN2O2S. The van der Waals surface area contributed by atoms with Gasteiger partial charge in [0.1, 0.15) is 10.8 Å². The zero-order valence-electron chi connectivity index (χ0n) is 13.4. The smallest absolute Gasteiger partial charge is 0.259 e. The van der Waals surface area contributed by atoms with Gasteiger partial charge in [0.15, 0.2) is 5.78 Å². The summed E-state index contributed by atoms with van der Waals surface area (Å²) in [6.07, 6.45) is 0.883. The number of thiocarbonyl (C=S) groups is 1. The number of Topliss-reactive ketones (excluding diaryl/α,β-unsaturated/α-hetero) is 1. The highest BCUT2D eigenvalue weighted by molar-refractivity contribution is 7.80. The molecule has 24 heavy (non-hydrogen) atoms. The Labute approximate surface area is 143 Å². The largest absolute Gasteiger partial charge is 0.389 e. The molecule has 0 atom stereocenters. The average molecular weight is 344 g/mol. The van der Waals surface area contributed by atoms with Gasteiger partial charge in [-0.1, -0.05) is 38.2 Å². The van der Waals surface area contributed by atoms with Gasteiger partial charge in [0.05, 0.1) is 5.56 Å². The molecule has 0 spiro atoms. The number of carbonyl (C=O) groups excluding carboxylic acids is 1. The maximum absolute atomic E-state index is 13.7. The normalized spacial score (nSPS) is 15.9. The number of aromatic nitrogens is 1. The van der Waals surface area contributed by atoms with Crippen LogP contribution in [0.15, 0.2) is 29.1 Å². The molecule has 0 aliphatic heterocycles. The minimum absolute atomic E-state index is 0.0578. The van der Waals surface area contributed by atoms with Crippen molar-refractivity contribution in [3.8, 4) is 11.1 Å². The Balaban J connectivity index is 2.42. The summed E-state index contributed by atoms with van der Waals surface area (Å²) in [5, 5.41) is 0. The molecule has 0 saturated heterocycles. The van der Waals surface area contributed by atoms with Crippen LogP contribution in [-0.2, 0) is 6.42 Å². The zero-order chi connectivity index (χ0) is 17.6. The minimum atomic E-state index is -0.459. The van der Waals surface area contributed by atoms with E-state index in [0.29, 0.717) is 35.2 Å². The highest BCUT2D eigenvalue weighted by Crippen LogP contribution is 2.38. The standard InChI is InChI=1S/C18H17FN2O2S/c1-18(2)7-11-14(12(22)8-18)13(9-4-3-5-10(19)6-9)15(16(20)24)17(23)21-11/h3-6H,7-8H2,1-2H3,(H2,20,24)(H,21,23). The molecule has 1 aliphatic carbocycles. The Hall–Kier alpha value is -2.34. The van der Waals surface area contributed by atoms with Crippen LogP contribution >= 0.6 is 12.2 Å². The fourth-order valence-electron chi connectivity index (χ4n) is 3.32. The Morgan fingerprint density at radius 3 is 2.58 bits per heavy atom. The molecule has 4 nitrogen and oxygen atoms in total. The second kappa shape index (κ2) is 5.63. The highest BCUT2D eigenvalue weighted by atomic mass is 32.1. The van der Waals surface area contributed by atoms with Gasteiger partial charge in [0.2, 0.25) is 0 Å². The third-order valence-corrected chi connectivity index (χ3v) is 4.43. The third-order valence-electron chi connectivity index (χ3n) is 4.23. The number of nitrogens with one attached hydrogen (secondary N) is 1. The van der Waals surface area contributed by atoms with Crippen LogP contribution in [0.1, 0.15) is 41.9 Å². The SMILES string of the molecule is CC1(C)CC(=O)c2c([nH]c(=O)c(C(N)=S)c2-c2cccc(F)c2)C1. The molecule has 2 aromatic rings.